The predicted molar refractivity (Wildman–Crippen MR) is 96.9 cm³/mol. The highest BCUT2D eigenvalue weighted by Crippen LogP contribution is 2.30. The molecule has 0 aliphatic heterocycles. The van der Waals surface area contributed by atoms with E-state index in [4.69, 9.17) is 0 Å². The topological polar surface area (TPSA) is 90.7 Å². The van der Waals surface area contributed by atoms with Crippen LogP contribution in [0.25, 0.3) is 0 Å². The third kappa shape index (κ3) is 3.45. The maximum atomic E-state index is 12.8. The van der Waals surface area contributed by atoms with Crippen LogP contribution in [0.5, 0.6) is 5.88 Å². The van der Waals surface area contributed by atoms with Gasteiger partial charge in [0, 0.05) is 11.6 Å². The first-order valence-corrected chi connectivity index (χ1v) is 8.18. The summed E-state index contributed by atoms with van der Waals surface area (Å²) in [6.07, 6.45) is 0.634. The van der Waals surface area contributed by atoms with E-state index < -0.39 is 5.56 Å². The zero-order chi connectivity index (χ0) is 18.7. The number of azo groups is 1. The lowest BCUT2D eigenvalue weighted by Gasteiger charge is -2.17. The first-order chi connectivity index (χ1) is 11.8. The van der Waals surface area contributed by atoms with E-state index in [9.17, 15) is 15.2 Å². The Hall–Kier alpha value is -2.94. The van der Waals surface area contributed by atoms with Crippen LogP contribution in [0.2, 0.25) is 0 Å². The third-order valence-electron chi connectivity index (χ3n) is 4.36. The highest BCUT2D eigenvalue weighted by molar-refractivity contribution is 5.57. The summed E-state index contributed by atoms with van der Waals surface area (Å²) in [5, 5.41) is 28.0. The zero-order valence-corrected chi connectivity index (χ0v) is 15.2. The summed E-state index contributed by atoms with van der Waals surface area (Å²) in [7, 11) is 0. The third-order valence-corrected chi connectivity index (χ3v) is 4.36. The average molecular weight is 338 g/mol. The van der Waals surface area contributed by atoms with Gasteiger partial charge in [-0.1, -0.05) is 24.6 Å². The summed E-state index contributed by atoms with van der Waals surface area (Å²) in [6, 6.07) is 7.44. The summed E-state index contributed by atoms with van der Waals surface area (Å²) >= 11 is 0. The van der Waals surface area contributed by atoms with Crippen molar-refractivity contribution in [2.75, 3.05) is 0 Å². The van der Waals surface area contributed by atoms with Crippen molar-refractivity contribution >= 4 is 11.4 Å². The molecule has 25 heavy (non-hydrogen) atoms. The Balaban J connectivity index is 2.67. The van der Waals surface area contributed by atoms with Crippen LogP contribution >= 0.6 is 0 Å². The molecule has 1 heterocycles. The normalized spacial score (nSPS) is 12.3. The van der Waals surface area contributed by atoms with Gasteiger partial charge >= 0.3 is 0 Å². The van der Waals surface area contributed by atoms with Gasteiger partial charge in [0.1, 0.15) is 11.6 Å². The molecular formula is C19H22N4O2. The summed E-state index contributed by atoms with van der Waals surface area (Å²) in [6.45, 7) is 9.21. The van der Waals surface area contributed by atoms with Gasteiger partial charge in [-0.25, -0.2) is 0 Å². The molecule has 130 valence electrons. The van der Waals surface area contributed by atoms with Crippen molar-refractivity contribution in [2.24, 2.45) is 10.2 Å². The number of aryl methyl sites for hydroxylation is 2. The Kier molecular flexibility index (Phi) is 5.38. The van der Waals surface area contributed by atoms with E-state index >= 15 is 0 Å². The second kappa shape index (κ2) is 7.31. The molecule has 0 aliphatic carbocycles. The molecule has 6 heteroatoms. The van der Waals surface area contributed by atoms with Crippen molar-refractivity contribution in [1.29, 1.82) is 5.26 Å². The van der Waals surface area contributed by atoms with Gasteiger partial charge in [0.2, 0.25) is 5.88 Å². The molecule has 0 fully saturated rings. The standard InChI is InChI=1S/C19H22N4O2/c1-6-13(4)23-18(24)15(10-20)14(5)17(19(23)25)22-21-16-8-7-11(2)9-12(16)3/h7-9,13,24H,6H2,1-5H3. The number of hydrogen-bond acceptors (Lipinski definition) is 5. The highest BCUT2D eigenvalue weighted by atomic mass is 16.3. The molecule has 0 aliphatic rings. The van der Waals surface area contributed by atoms with E-state index in [0.717, 1.165) is 11.1 Å². The van der Waals surface area contributed by atoms with Crippen LogP contribution < -0.4 is 5.56 Å². The number of nitriles is 1. The van der Waals surface area contributed by atoms with E-state index in [1.54, 1.807) is 6.92 Å². The number of benzene rings is 1. The summed E-state index contributed by atoms with van der Waals surface area (Å²) in [5.41, 5.74) is 2.73. The Bertz CT molecular complexity index is 936. The molecular weight excluding hydrogens is 316 g/mol. The van der Waals surface area contributed by atoms with Gasteiger partial charge in [-0.3, -0.25) is 9.36 Å². The summed E-state index contributed by atoms with van der Waals surface area (Å²) in [5.74, 6) is -0.315. The molecule has 2 aromatic rings. The molecule has 0 saturated carbocycles. The minimum Gasteiger partial charge on any atom is -0.493 e. The molecule has 6 nitrogen and oxygen atoms in total. The fourth-order valence-electron chi connectivity index (χ4n) is 2.64. The maximum Gasteiger partial charge on any atom is 0.281 e. The highest BCUT2D eigenvalue weighted by Gasteiger charge is 2.21. The van der Waals surface area contributed by atoms with Crippen LogP contribution in [-0.2, 0) is 0 Å². The van der Waals surface area contributed by atoms with E-state index in [0.29, 0.717) is 17.7 Å². The smallest absolute Gasteiger partial charge is 0.281 e. The van der Waals surface area contributed by atoms with E-state index in [1.165, 1.54) is 4.57 Å². The summed E-state index contributed by atoms with van der Waals surface area (Å²) in [4.78, 5) is 12.8. The molecule has 0 amide bonds. The first-order valence-electron chi connectivity index (χ1n) is 8.18. The second-order valence-electron chi connectivity index (χ2n) is 6.21. The van der Waals surface area contributed by atoms with Crippen molar-refractivity contribution in [3.63, 3.8) is 0 Å². The monoisotopic (exact) mass is 338 g/mol. The maximum absolute atomic E-state index is 12.8. The summed E-state index contributed by atoms with van der Waals surface area (Å²) < 4.78 is 1.21. The Morgan fingerprint density at radius 1 is 1.28 bits per heavy atom. The van der Waals surface area contributed by atoms with Crippen molar-refractivity contribution in [2.45, 2.75) is 47.1 Å². The lowest BCUT2D eigenvalue weighted by atomic mass is 10.1. The van der Waals surface area contributed by atoms with Gasteiger partial charge in [-0.2, -0.15) is 10.4 Å². The molecule has 1 unspecified atom stereocenters. The van der Waals surface area contributed by atoms with Gasteiger partial charge in [-0.05, 0) is 45.7 Å². The van der Waals surface area contributed by atoms with Crippen LogP contribution in [0.15, 0.2) is 33.2 Å². The van der Waals surface area contributed by atoms with Crippen LogP contribution in [-0.4, -0.2) is 9.67 Å². The van der Waals surface area contributed by atoms with Crippen LogP contribution in [0.1, 0.15) is 48.6 Å². The average Bonchev–Trinajstić information content (AvgIpc) is 2.56. The van der Waals surface area contributed by atoms with Gasteiger partial charge < -0.3 is 5.11 Å². The molecule has 1 atom stereocenters. The number of aromatic hydroxyl groups is 1. The van der Waals surface area contributed by atoms with E-state index in [-0.39, 0.29) is 23.2 Å². The first kappa shape index (κ1) is 18.4. The van der Waals surface area contributed by atoms with Crippen LogP contribution in [0.3, 0.4) is 0 Å². The quantitative estimate of drug-likeness (QED) is 0.816. The van der Waals surface area contributed by atoms with Gasteiger partial charge in [0.25, 0.3) is 5.56 Å². The Labute approximate surface area is 147 Å². The number of aromatic nitrogens is 1. The minimum absolute atomic E-state index is 0.0504. The van der Waals surface area contributed by atoms with Gasteiger partial charge in [0.15, 0.2) is 5.69 Å². The van der Waals surface area contributed by atoms with Crippen LogP contribution in [0, 0.1) is 32.1 Å². The van der Waals surface area contributed by atoms with Crippen molar-refractivity contribution in [3.05, 3.63) is 50.8 Å². The number of pyridine rings is 1. The molecule has 0 saturated heterocycles. The Morgan fingerprint density at radius 3 is 2.52 bits per heavy atom. The minimum atomic E-state index is -0.447. The van der Waals surface area contributed by atoms with Crippen molar-refractivity contribution in [3.8, 4) is 11.9 Å². The largest absolute Gasteiger partial charge is 0.493 e. The van der Waals surface area contributed by atoms with Crippen LogP contribution in [0.4, 0.5) is 11.4 Å². The molecule has 0 bridgehead atoms. The van der Waals surface area contributed by atoms with Crippen molar-refractivity contribution in [1.82, 2.24) is 4.57 Å². The molecule has 0 radical (unpaired) electrons. The molecule has 1 aromatic heterocycles. The number of nitrogens with zero attached hydrogens (tertiary/aromatic N) is 4. The van der Waals surface area contributed by atoms with Gasteiger partial charge in [-0.15, -0.1) is 5.11 Å². The van der Waals surface area contributed by atoms with Crippen molar-refractivity contribution < 1.29 is 5.11 Å². The lowest BCUT2D eigenvalue weighted by molar-refractivity contribution is 0.372. The lowest BCUT2D eigenvalue weighted by Crippen LogP contribution is -2.24. The molecule has 0 spiro atoms. The predicted octanol–water partition coefficient (Wildman–Crippen LogP) is 4.74. The fraction of sp³-hybridized carbons (Fsp3) is 0.368. The SMILES string of the molecule is CCC(C)n1c(O)c(C#N)c(C)c(N=Nc2ccc(C)cc2C)c1=O. The fourth-order valence-corrected chi connectivity index (χ4v) is 2.64. The molecule has 2 rings (SSSR count). The molecule has 1 N–H and O–H groups in total. The Morgan fingerprint density at radius 2 is 1.96 bits per heavy atom. The zero-order valence-electron chi connectivity index (χ0n) is 15.2. The number of hydrogen-bond donors (Lipinski definition) is 1. The molecule has 1 aromatic carbocycles. The van der Waals surface area contributed by atoms with Gasteiger partial charge in [0.05, 0.1) is 5.69 Å². The second-order valence-corrected chi connectivity index (χ2v) is 6.21. The van der Waals surface area contributed by atoms with E-state index in [2.05, 4.69) is 10.2 Å². The van der Waals surface area contributed by atoms with E-state index in [1.807, 2.05) is 52.0 Å². The number of rotatable bonds is 4.